The molecule has 1 saturated carbocycles. The summed E-state index contributed by atoms with van der Waals surface area (Å²) in [6.07, 6.45) is 5.02. The third-order valence-electron chi connectivity index (χ3n) is 4.33. The Labute approximate surface area is 118 Å². The van der Waals surface area contributed by atoms with Crippen molar-refractivity contribution in [2.24, 2.45) is 0 Å². The number of morpholine rings is 1. The summed E-state index contributed by atoms with van der Waals surface area (Å²) in [6.45, 7) is 3.31. The number of hydrogen-bond donors (Lipinski definition) is 1. The maximum Gasteiger partial charge on any atom is 0.337 e. The first-order valence-corrected chi connectivity index (χ1v) is 7.26. The van der Waals surface area contributed by atoms with Gasteiger partial charge in [-0.1, -0.05) is 12.8 Å². The highest BCUT2D eigenvalue weighted by molar-refractivity contribution is 5.89. The van der Waals surface area contributed by atoms with E-state index in [-0.39, 0.29) is 5.56 Å². The second-order valence-corrected chi connectivity index (χ2v) is 5.56. The fourth-order valence-corrected chi connectivity index (χ4v) is 3.31. The van der Waals surface area contributed by atoms with Crippen molar-refractivity contribution in [2.75, 3.05) is 18.1 Å². The van der Waals surface area contributed by atoms with Gasteiger partial charge in [-0.3, -0.25) is 0 Å². The topological polar surface area (TPSA) is 62.7 Å². The van der Waals surface area contributed by atoms with Gasteiger partial charge in [-0.2, -0.15) is 0 Å². The van der Waals surface area contributed by atoms with E-state index in [0.717, 1.165) is 31.8 Å². The molecular formula is C15H20N2O3. The van der Waals surface area contributed by atoms with Gasteiger partial charge >= 0.3 is 5.97 Å². The van der Waals surface area contributed by atoms with Gasteiger partial charge in [0.25, 0.3) is 0 Å². The van der Waals surface area contributed by atoms with E-state index in [1.165, 1.54) is 12.8 Å². The molecule has 2 unspecified atom stereocenters. The number of rotatable bonds is 2. The fourth-order valence-electron chi connectivity index (χ4n) is 3.31. The molecule has 2 fully saturated rings. The molecule has 2 heterocycles. The molecule has 1 aromatic rings. The Morgan fingerprint density at radius 3 is 2.95 bits per heavy atom. The first-order valence-electron chi connectivity index (χ1n) is 7.26. The van der Waals surface area contributed by atoms with Gasteiger partial charge in [0.15, 0.2) is 0 Å². The van der Waals surface area contributed by atoms with Crippen molar-refractivity contribution in [3.05, 3.63) is 23.4 Å². The predicted octanol–water partition coefficient (Wildman–Crippen LogP) is 2.24. The monoisotopic (exact) mass is 276 g/mol. The smallest absolute Gasteiger partial charge is 0.337 e. The van der Waals surface area contributed by atoms with E-state index in [0.29, 0.717) is 17.8 Å². The van der Waals surface area contributed by atoms with Crippen molar-refractivity contribution in [1.29, 1.82) is 0 Å². The van der Waals surface area contributed by atoms with E-state index in [1.807, 2.05) is 6.07 Å². The maximum absolute atomic E-state index is 11.1. The number of carbonyl (C=O) groups is 1. The summed E-state index contributed by atoms with van der Waals surface area (Å²) in [5, 5.41) is 9.08. The van der Waals surface area contributed by atoms with Crippen LogP contribution < -0.4 is 4.90 Å². The molecule has 5 nitrogen and oxygen atoms in total. The van der Waals surface area contributed by atoms with E-state index in [2.05, 4.69) is 9.88 Å². The SMILES string of the molecule is Cc1nc(N2CCOC3CCCCC32)ccc1C(=O)O. The van der Waals surface area contributed by atoms with E-state index < -0.39 is 5.97 Å². The lowest BCUT2D eigenvalue weighted by atomic mass is 9.90. The molecule has 1 N–H and O–H groups in total. The first kappa shape index (κ1) is 13.4. The standard InChI is InChI=1S/C15H20N2O3/c1-10-11(15(18)19)6-7-14(16-10)17-8-9-20-13-5-3-2-4-12(13)17/h6-7,12-13H,2-5,8-9H2,1H3,(H,18,19). The summed E-state index contributed by atoms with van der Waals surface area (Å²) in [5.41, 5.74) is 0.857. The van der Waals surface area contributed by atoms with Crippen LogP contribution >= 0.6 is 0 Å². The minimum absolute atomic E-state index is 0.280. The van der Waals surface area contributed by atoms with Crippen LogP contribution in [-0.4, -0.2) is 41.4 Å². The lowest BCUT2D eigenvalue weighted by Gasteiger charge is -2.44. The molecule has 2 atom stereocenters. The first-order chi connectivity index (χ1) is 9.66. The van der Waals surface area contributed by atoms with E-state index in [1.54, 1.807) is 13.0 Å². The van der Waals surface area contributed by atoms with Crippen LogP contribution in [0, 0.1) is 6.92 Å². The zero-order valence-corrected chi connectivity index (χ0v) is 11.7. The molecule has 5 heteroatoms. The number of aromatic carboxylic acids is 1. The highest BCUT2D eigenvalue weighted by Crippen LogP contribution is 2.31. The van der Waals surface area contributed by atoms with Crippen LogP contribution in [-0.2, 0) is 4.74 Å². The van der Waals surface area contributed by atoms with Gasteiger partial charge in [0, 0.05) is 6.54 Å². The average Bonchev–Trinajstić information content (AvgIpc) is 2.46. The second-order valence-electron chi connectivity index (χ2n) is 5.56. The molecule has 0 radical (unpaired) electrons. The van der Waals surface area contributed by atoms with Gasteiger partial charge in [-0.15, -0.1) is 0 Å². The molecule has 1 saturated heterocycles. The highest BCUT2D eigenvalue weighted by atomic mass is 16.5. The van der Waals surface area contributed by atoms with Crippen LogP contribution in [0.5, 0.6) is 0 Å². The normalized spacial score (nSPS) is 26.1. The number of pyridine rings is 1. The van der Waals surface area contributed by atoms with Crippen LogP contribution in [0.1, 0.15) is 41.7 Å². The lowest BCUT2D eigenvalue weighted by molar-refractivity contribution is -0.00900. The molecule has 1 aliphatic heterocycles. The number of ether oxygens (including phenoxy) is 1. The van der Waals surface area contributed by atoms with Gasteiger partial charge in [0.1, 0.15) is 5.82 Å². The Morgan fingerprint density at radius 2 is 2.20 bits per heavy atom. The lowest BCUT2D eigenvalue weighted by Crippen LogP contribution is -2.53. The number of anilines is 1. The minimum Gasteiger partial charge on any atom is -0.478 e. The van der Waals surface area contributed by atoms with Crippen LogP contribution in [0.4, 0.5) is 5.82 Å². The van der Waals surface area contributed by atoms with Crippen LogP contribution in [0.2, 0.25) is 0 Å². The van der Waals surface area contributed by atoms with Gasteiger partial charge < -0.3 is 14.7 Å². The maximum atomic E-state index is 11.1. The molecule has 0 amide bonds. The van der Waals surface area contributed by atoms with Crippen molar-refractivity contribution >= 4 is 11.8 Å². The third kappa shape index (κ3) is 2.38. The summed E-state index contributed by atoms with van der Waals surface area (Å²) >= 11 is 0. The molecule has 1 aliphatic carbocycles. The molecule has 20 heavy (non-hydrogen) atoms. The molecule has 2 aliphatic rings. The summed E-state index contributed by atoms with van der Waals surface area (Å²) in [4.78, 5) is 17.9. The zero-order chi connectivity index (χ0) is 14.1. The summed E-state index contributed by atoms with van der Waals surface area (Å²) in [6, 6.07) is 3.88. The van der Waals surface area contributed by atoms with E-state index >= 15 is 0 Å². The second kappa shape index (κ2) is 5.40. The van der Waals surface area contributed by atoms with Gasteiger partial charge in [-0.05, 0) is 31.9 Å². The van der Waals surface area contributed by atoms with Crippen molar-refractivity contribution in [1.82, 2.24) is 4.98 Å². The Balaban J connectivity index is 1.87. The molecule has 1 aromatic heterocycles. The van der Waals surface area contributed by atoms with Crippen LogP contribution in [0.15, 0.2) is 12.1 Å². The van der Waals surface area contributed by atoms with E-state index in [9.17, 15) is 4.79 Å². The number of fused-ring (bicyclic) bond motifs is 1. The Bertz CT molecular complexity index is 516. The van der Waals surface area contributed by atoms with Gasteiger partial charge in [0.05, 0.1) is 30.0 Å². The van der Waals surface area contributed by atoms with Crippen molar-refractivity contribution < 1.29 is 14.6 Å². The molecule has 3 rings (SSSR count). The van der Waals surface area contributed by atoms with Crippen LogP contribution in [0.25, 0.3) is 0 Å². The van der Waals surface area contributed by atoms with E-state index in [4.69, 9.17) is 9.84 Å². The van der Waals surface area contributed by atoms with Gasteiger partial charge in [0.2, 0.25) is 0 Å². The number of aryl methyl sites for hydroxylation is 1. The number of hydrogen-bond acceptors (Lipinski definition) is 4. The number of aromatic nitrogens is 1. The van der Waals surface area contributed by atoms with Crippen LogP contribution in [0.3, 0.4) is 0 Å². The Kier molecular flexibility index (Phi) is 3.61. The quantitative estimate of drug-likeness (QED) is 0.897. The average molecular weight is 276 g/mol. The molecule has 0 aromatic carbocycles. The highest BCUT2D eigenvalue weighted by Gasteiger charge is 2.34. The Hall–Kier alpha value is -1.62. The zero-order valence-electron chi connectivity index (χ0n) is 11.7. The van der Waals surface area contributed by atoms with Crippen molar-refractivity contribution in [3.63, 3.8) is 0 Å². The predicted molar refractivity (Wildman–Crippen MR) is 75.3 cm³/mol. The molecular weight excluding hydrogens is 256 g/mol. The van der Waals surface area contributed by atoms with Crippen molar-refractivity contribution in [2.45, 2.75) is 44.8 Å². The number of carboxylic acid groups (broad SMARTS) is 1. The molecule has 0 spiro atoms. The Morgan fingerprint density at radius 1 is 1.40 bits per heavy atom. The molecule has 108 valence electrons. The fraction of sp³-hybridized carbons (Fsp3) is 0.600. The summed E-state index contributed by atoms with van der Waals surface area (Å²) in [5.74, 6) is -0.0354. The molecule has 0 bridgehead atoms. The van der Waals surface area contributed by atoms with Crippen molar-refractivity contribution in [3.8, 4) is 0 Å². The number of carboxylic acids is 1. The van der Waals surface area contributed by atoms with Gasteiger partial charge in [-0.25, -0.2) is 9.78 Å². The summed E-state index contributed by atoms with van der Waals surface area (Å²) < 4.78 is 5.86. The summed E-state index contributed by atoms with van der Waals surface area (Å²) in [7, 11) is 0. The number of nitrogens with zero attached hydrogens (tertiary/aromatic N) is 2. The third-order valence-corrected chi connectivity index (χ3v) is 4.33. The largest absolute Gasteiger partial charge is 0.478 e. The minimum atomic E-state index is -0.918.